The molecule has 0 radical (unpaired) electrons. The first kappa shape index (κ1) is 43.2. The zero-order valence-corrected chi connectivity index (χ0v) is 39.3. The first-order valence-electron chi connectivity index (χ1n) is 24.2. The number of alkyl halides is 6. The summed E-state index contributed by atoms with van der Waals surface area (Å²) in [6.45, 7) is 4.48. The van der Waals surface area contributed by atoms with Crippen LogP contribution in [0, 0.1) is 0 Å². The van der Waals surface area contributed by atoms with Crippen LogP contribution in [0.25, 0.3) is 103 Å². The van der Waals surface area contributed by atoms with E-state index in [0.717, 1.165) is 72.8 Å². The van der Waals surface area contributed by atoms with Gasteiger partial charge >= 0.3 is 12.4 Å². The van der Waals surface area contributed by atoms with E-state index in [0.29, 0.717) is 48.5 Å². The summed E-state index contributed by atoms with van der Waals surface area (Å²) in [5.74, 6) is 0. The first-order valence-corrected chi connectivity index (χ1v) is 24.2. The average molecular weight is 963 g/mol. The van der Waals surface area contributed by atoms with E-state index in [1.807, 2.05) is 103 Å². The number of rotatable bonds is 4. The molecular formula is C65H40F6N2. The smallest absolute Gasteiger partial charge is 0.310 e. The molecule has 0 bridgehead atoms. The number of nitrogens with zero attached hydrogens (tertiary/aromatic N) is 2. The molecule has 0 aliphatic heterocycles. The van der Waals surface area contributed by atoms with Gasteiger partial charge in [-0.25, -0.2) is 0 Å². The molecule has 8 heteroatoms. The van der Waals surface area contributed by atoms with Crippen LogP contribution < -0.4 is 4.90 Å². The highest BCUT2D eigenvalue weighted by Crippen LogP contribution is 2.52. The lowest BCUT2D eigenvalue weighted by Crippen LogP contribution is -2.16. The molecule has 0 unspecified atom stereocenters. The molecule has 12 aromatic carbocycles. The van der Waals surface area contributed by atoms with Gasteiger partial charge in [0.15, 0.2) is 0 Å². The van der Waals surface area contributed by atoms with Gasteiger partial charge in [-0.15, -0.1) is 0 Å². The SMILES string of the molecule is CC1(C)c2ccccc2-c2ccc(N(c3ccccc3)c3ccc4c(c3)c3ccc(C(F)(F)F)cc3c3cc5c(cc43)c3cc(C(F)(F)F)ccc3c3cc4c(cc53)c3ccccc3n4-c3ccccc3)cc21. The Morgan fingerprint density at radius 3 is 1.44 bits per heavy atom. The zero-order chi connectivity index (χ0) is 49.7. The largest absolute Gasteiger partial charge is 0.416 e. The molecule has 0 spiro atoms. The molecule has 0 N–H and O–H groups in total. The Kier molecular flexibility index (Phi) is 8.99. The van der Waals surface area contributed by atoms with Crippen LogP contribution in [0.15, 0.2) is 206 Å². The van der Waals surface area contributed by atoms with Gasteiger partial charge in [-0.05, 0) is 190 Å². The maximum absolute atomic E-state index is 14.9. The van der Waals surface area contributed by atoms with E-state index in [2.05, 4.69) is 90.0 Å². The summed E-state index contributed by atoms with van der Waals surface area (Å²) in [5.41, 5.74) is 8.33. The highest BCUT2D eigenvalue weighted by atomic mass is 19.4. The molecule has 0 amide bonds. The standard InChI is InChI=1S/C65H40F6N2/c1-63(2)59-19-11-9-17-46(59)47-28-24-42(32-60(47)63)72(39-13-5-3-6-14-39)41-23-27-45-51(31-41)43-25-21-37(64(66,67)68)29-49(43)53-34-55-54(33-52(45)53)50-30-38(65(69,70)71)22-26-44(50)57-36-62-58(35-56(55)57)48-18-10-12-20-61(48)73(62)40-15-7-4-8-16-40/h3-36H,1-2H3. The molecule has 73 heavy (non-hydrogen) atoms. The summed E-state index contributed by atoms with van der Waals surface area (Å²) >= 11 is 0. The molecular weight excluding hydrogens is 923 g/mol. The molecule has 0 fully saturated rings. The van der Waals surface area contributed by atoms with E-state index in [1.54, 1.807) is 12.1 Å². The second-order valence-corrected chi connectivity index (χ2v) is 19.9. The monoisotopic (exact) mass is 962 g/mol. The van der Waals surface area contributed by atoms with Gasteiger partial charge in [-0.2, -0.15) is 26.3 Å². The number of hydrogen-bond acceptors (Lipinski definition) is 1. The van der Waals surface area contributed by atoms with Crippen LogP contribution in [0.4, 0.5) is 43.4 Å². The molecule has 1 heterocycles. The van der Waals surface area contributed by atoms with Crippen molar-refractivity contribution in [2.75, 3.05) is 4.90 Å². The molecule has 0 saturated heterocycles. The summed E-state index contributed by atoms with van der Waals surface area (Å²) in [6.07, 6.45) is -9.28. The Morgan fingerprint density at radius 1 is 0.329 bits per heavy atom. The van der Waals surface area contributed by atoms with Crippen LogP contribution in [0.5, 0.6) is 0 Å². The van der Waals surface area contributed by atoms with Crippen molar-refractivity contribution in [3.05, 3.63) is 229 Å². The van der Waals surface area contributed by atoms with Crippen molar-refractivity contribution in [3.63, 3.8) is 0 Å². The minimum Gasteiger partial charge on any atom is -0.310 e. The molecule has 14 rings (SSSR count). The number of aromatic nitrogens is 1. The van der Waals surface area contributed by atoms with Crippen LogP contribution in [-0.2, 0) is 17.8 Å². The summed E-state index contributed by atoms with van der Waals surface area (Å²) in [4.78, 5) is 2.17. The molecule has 13 aromatic rings. The Hall–Kier alpha value is -8.62. The van der Waals surface area contributed by atoms with Crippen LogP contribution in [0.3, 0.4) is 0 Å². The molecule has 1 aromatic heterocycles. The van der Waals surface area contributed by atoms with E-state index in [9.17, 15) is 26.3 Å². The van der Waals surface area contributed by atoms with Crippen molar-refractivity contribution in [1.29, 1.82) is 0 Å². The summed E-state index contributed by atoms with van der Waals surface area (Å²) in [5, 5.41) is 9.34. The highest BCUT2D eigenvalue weighted by Gasteiger charge is 2.36. The molecule has 2 nitrogen and oxygen atoms in total. The van der Waals surface area contributed by atoms with E-state index >= 15 is 0 Å². The number of hydrogen-bond donors (Lipinski definition) is 0. The van der Waals surface area contributed by atoms with E-state index in [1.165, 1.54) is 34.4 Å². The lowest BCUT2D eigenvalue weighted by Gasteiger charge is -2.28. The highest BCUT2D eigenvalue weighted by molar-refractivity contribution is 6.34. The Balaban J connectivity index is 1.08. The van der Waals surface area contributed by atoms with Crippen LogP contribution in [-0.4, -0.2) is 4.57 Å². The van der Waals surface area contributed by atoms with E-state index in [4.69, 9.17) is 0 Å². The Morgan fingerprint density at radius 2 is 0.795 bits per heavy atom. The van der Waals surface area contributed by atoms with E-state index < -0.39 is 23.5 Å². The normalized spacial score (nSPS) is 13.6. The van der Waals surface area contributed by atoms with Crippen LogP contribution >= 0.6 is 0 Å². The lowest BCUT2D eigenvalue weighted by molar-refractivity contribution is -0.138. The number of halogens is 6. The van der Waals surface area contributed by atoms with Crippen LogP contribution in [0.2, 0.25) is 0 Å². The second-order valence-electron chi connectivity index (χ2n) is 19.9. The molecule has 352 valence electrons. The van der Waals surface area contributed by atoms with E-state index in [-0.39, 0.29) is 5.41 Å². The predicted molar refractivity (Wildman–Crippen MR) is 288 cm³/mol. The van der Waals surface area contributed by atoms with Crippen molar-refractivity contribution in [2.24, 2.45) is 0 Å². The zero-order valence-electron chi connectivity index (χ0n) is 39.3. The fraction of sp³-hybridized carbons (Fsp3) is 0.0769. The predicted octanol–water partition coefficient (Wildman–Crippen LogP) is 19.5. The van der Waals surface area contributed by atoms with Gasteiger partial charge in [-0.3, -0.25) is 0 Å². The van der Waals surface area contributed by atoms with Gasteiger partial charge < -0.3 is 9.47 Å². The van der Waals surface area contributed by atoms with Crippen molar-refractivity contribution >= 4 is 104 Å². The maximum Gasteiger partial charge on any atom is 0.416 e. The molecule has 1 aliphatic rings. The van der Waals surface area contributed by atoms with Crippen molar-refractivity contribution in [1.82, 2.24) is 4.57 Å². The third-order valence-electron chi connectivity index (χ3n) is 15.5. The number of para-hydroxylation sites is 3. The van der Waals surface area contributed by atoms with Crippen molar-refractivity contribution in [2.45, 2.75) is 31.6 Å². The number of fused-ring (bicyclic) bond motifs is 18. The van der Waals surface area contributed by atoms with Crippen molar-refractivity contribution < 1.29 is 26.3 Å². The third kappa shape index (κ3) is 6.39. The topological polar surface area (TPSA) is 8.17 Å². The molecule has 0 saturated carbocycles. The van der Waals surface area contributed by atoms with Crippen molar-refractivity contribution in [3.8, 4) is 16.8 Å². The second kappa shape index (κ2) is 15.2. The first-order chi connectivity index (χ1) is 35.2. The summed E-state index contributed by atoms with van der Waals surface area (Å²) in [6, 6.07) is 64.9. The number of anilines is 3. The minimum atomic E-state index is -4.64. The lowest BCUT2D eigenvalue weighted by atomic mass is 9.82. The third-order valence-corrected chi connectivity index (χ3v) is 15.5. The van der Waals surface area contributed by atoms with Gasteiger partial charge in [0.25, 0.3) is 0 Å². The quantitative estimate of drug-likeness (QED) is 0.0969. The minimum absolute atomic E-state index is 0.273. The molecule has 1 aliphatic carbocycles. The summed E-state index contributed by atoms with van der Waals surface area (Å²) in [7, 11) is 0. The summed E-state index contributed by atoms with van der Waals surface area (Å²) < 4.78 is 91.2. The van der Waals surface area contributed by atoms with Gasteiger partial charge in [-0.1, -0.05) is 117 Å². The fourth-order valence-electron chi connectivity index (χ4n) is 12.1. The Labute approximate surface area is 414 Å². The number of benzene rings is 12. The Bertz CT molecular complexity index is 4490. The van der Waals surface area contributed by atoms with Gasteiger partial charge in [0.05, 0.1) is 22.2 Å². The average Bonchev–Trinajstić information content (AvgIpc) is 3.84. The van der Waals surface area contributed by atoms with Gasteiger partial charge in [0.2, 0.25) is 0 Å². The molecule has 0 atom stereocenters. The van der Waals surface area contributed by atoms with Gasteiger partial charge in [0.1, 0.15) is 0 Å². The van der Waals surface area contributed by atoms with Crippen LogP contribution in [0.1, 0.15) is 36.1 Å². The van der Waals surface area contributed by atoms with Gasteiger partial charge in [0, 0.05) is 38.9 Å². The maximum atomic E-state index is 14.9. The fourth-order valence-corrected chi connectivity index (χ4v) is 12.1.